The lowest BCUT2D eigenvalue weighted by Gasteiger charge is -2.24. The third-order valence-corrected chi connectivity index (χ3v) is 2.95. The molecule has 0 unspecified atom stereocenters. The molecule has 0 aliphatic rings. The second-order valence-corrected chi connectivity index (χ2v) is 5.69. The van der Waals surface area contributed by atoms with Crippen LogP contribution >= 0.6 is 22.9 Å². The molecule has 0 bridgehead atoms. The van der Waals surface area contributed by atoms with E-state index in [4.69, 9.17) is 17.3 Å². The molecule has 0 spiro atoms. The summed E-state index contributed by atoms with van der Waals surface area (Å²) in [7, 11) is 0. The number of nitrogens with two attached hydrogens (primary N) is 1. The lowest BCUT2D eigenvalue weighted by atomic mass is 9.97. The van der Waals surface area contributed by atoms with E-state index in [2.05, 4.69) is 0 Å². The van der Waals surface area contributed by atoms with Crippen LogP contribution in [0.15, 0.2) is 12.1 Å². The minimum atomic E-state index is -2.89. The van der Waals surface area contributed by atoms with Crippen LogP contribution < -0.4 is 5.73 Å². The maximum Gasteiger partial charge on any atom is 0.283 e. The number of hydrogen-bond acceptors (Lipinski definition) is 2. The van der Waals surface area contributed by atoms with E-state index in [0.717, 1.165) is 11.3 Å². The second-order valence-electron chi connectivity index (χ2n) is 3.97. The molecule has 0 saturated carbocycles. The summed E-state index contributed by atoms with van der Waals surface area (Å²) in [6.07, 6.45) is -0.378. The summed E-state index contributed by atoms with van der Waals surface area (Å²) < 4.78 is 27.4. The molecule has 0 radical (unpaired) electrons. The number of halogens is 3. The van der Waals surface area contributed by atoms with E-state index in [1.165, 1.54) is 12.1 Å². The first-order chi connectivity index (χ1) is 6.21. The van der Waals surface area contributed by atoms with Gasteiger partial charge in [0.2, 0.25) is 0 Å². The molecule has 0 aromatic carbocycles. The Kier molecular flexibility index (Phi) is 3.19. The van der Waals surface area contributed by atoms with Crippen LogP contribution in [0, 0.1) is 0 Å². The van der Waals surface area contributed by atoms with Gasteiger partial charge in [-0.1, -0.05) is 11.6 Å². The molecule has 1 rings (SSSR count). The van der Waals surface area contributed by atoms with Crippen LogP contribution in [0.1, 0.15) is 25.1 Å². The monoisotopic (exact) mass is 239 g/mol. The summed E-state index contributed by atoms with van der Waals surface area (Å²) in [5.41, 5.74) is 4.67. The minimum absolute atomic E-state index is 0.0268. The van der Waals surface area contributed by atoms with Gasteiger partial charge in [0.25, 0.3) is 5.92 Å². The van der Waals surface area contributed by atoms with Gasteiger partial charge in [0, 0.05) is 12.0 Å². The van der Waals surface area contributed by atoms with E-state index < -0.39 is 11.5 Å². The fourth-order valence-corrected chi connectivity index (χ4v) is 2.19. The zero-order chi connectivity index (χ0) is 11.0. The predicted octanol–water partition coefficient (Wildman–Crippen LogP) is 3.62. The summed E-state index contributed by atoms with van der Waals surface area (Å²) in [5.74, 6) is -2.89. The molecule has 1 heterocycles. The predicted molar refractivity (Wildman–Crippen MR) is 56.1 cm³/mol. The molecule has 5 heteroatoms. The zero-order valence-corrected chi connectivity index (χ0v) is 9.55. The van der Waals surface area contributed by atoms with Crippen molar-refractivity contribution in [3.05, 3.63) is 21.3 Å². The Morgan fingerprint density at radius 3 is 2.36 bits per heavy atom. The topological polar surface area (TPSA) is 26.0 Å². The molecule has 1 nitrogen and oxygen atoms in total. The normalized spacial score (nSPS) is 13.3. The average molecular weight is 240 g/mol. The van der Waals surface area contributed by atoms with Crippen LogP contribution in [-0.2, 0) is 5.92 Å². The third kappa shape index (κ3) is 3.19. The van der Waals surface area contributed by atoms with Crippen molar-refractivity contribution in [1.29, 1.82) is 0 Å². The van der Waals surface area contributed by atoms with Crippen LogP contribution in [0.4, 0.5) is 8.78 Å². The van der Waals surface area contributed by atoms with Crippen LogP contribution in [0.25, 0.3) is 0 Å². The summed E-state index contributed by atoms with van der Waals surface area (Å²) in [6.45, 7) is 3.16. The molecule has 0 saturated heterocycles. The van der Waals surface area contributed by atoms with Crippen molar-refractivity contribution >= 4 is 22.9 Å². The summed E-state index contributed by atoms with van der Waals surface area (Å²) in [6, 6.07) is 2.82. The van der Waals surface area contributed by atoms with Gasteiger partial charge in [-0.2, -0.15) is 0 Å². The highest BCUT2D eigenvalue weighted by Gasteiger charge is 2.37. The van der Waals surface area contributed by atoms with Crippen LogP contribution in [0.3, 0.4) is 0 Å². The number of thiophene rings is 1. The third-order valence-electron chi connectivity index (χ3n) is 1.61. The largest absolute Gasteiger partial charge is 0.325 e. The maximum absolute atomic E-state index is 13.5. The maximum atomic E-state index is 13.5. The van der Waals surface area contributed by atoms with E-state index >= 15 is 0 Å². The first kappa shape index (κ1) is 11.9. The molecule has 0 atom stereocenters. The SMILES string of the molecule is CC(C)(N)CC(F)(F)c1ccc(Cl)s1. The Bertz CT molecular complexity index is 317. The molecule has 0 amide bonds. The van der Waals surface area contributed by atoms with E-state index in [1.54, 1.807) is 13.8 Å². The molecule has 0 aliphatic carbocycles. The van der Waals surface area contributed by atoms with Crippen molar-refractivity contribution in [3.63, 3.8) is 0 Å². The van der Waals surface area contributed by atoms with E-state index in [1.807, 2.05) is 0 Å². The fraction of sp³-hybridized carbons (Fsp3) is 0.556. The van der Waals surface area contributed by atoms with Gasteiger partial charge in [-0.05, 0) is 26.0 Å². The van der Waals surface area contributed by atoms with Gasteiger partial charge in [0.1, 0.15) is 0 Å². The van der Waals surface area contributed by atoms with Gasteiger partial charge in [0.05, 0.1) is 9.21 Å². The molecule has 2 N–H and O–H groups in total. The molecule has 80 valence electrons. The lowest BCUT2D eigenvalue weighted by Crippen LogP contribution is -2.37. The number of alkyl halides is 2. The van der Waals surface area contributed by atoms with Crippen molar-refractivity contribution in [2.24, 2.45) is 5.73 Å². The molecule has 1 aromatic heterocycles. The standard InChI is InChI=1S/C9H12ClF2NS/c1-8(2,13)5-9(11,12)6-3-4-7(10)14-6/h3-4H,5,13H2,1-2H3. The lowest BCUT2D eigenvalue weighted by molar-refractivity contribution is -0.0259. The average Bonchev–Trinajstić information content (AvgIpc) is 2.29. The van der Waals surface area contributed by atoms with Gasteiger partial charge in [-0.3, -0.25) is 0 Å². The van der Waals surface area contributed by atoms with Gasteiger partial charge >= 0.3 is 0 Å². The molecular weight excluding hydrogens is 228 g/mol. The molecule has 0 fully saturated rings. The van der Waals surface area contributed by atoms with Crippen molar-refractivity contribution in [2.75, 3.05) is 0 Å². The summed E-state index contributed by atoms with van der Waals surface area (Å²) in [4.78, 5) is -0.0268. The molecule has 0 aliphatic heterocycles. The highest BCUT2D eigenvalue weighted by molar-refractivity contribution is 7.16. The Labute approximate surface area is 90.9 Å². The van der Waals surface area contributed by atoms with Gasteiger partial charge in [-0.25, -0.2) is 8.78 Å². The van der Waals surface area contributed by atoms with Crippen LogP contribution in [0.2, 0.25) is 4.34 Å². The molecular formula is C9H12ClF2NS. The van der Waals surface area contributed by atoms with Crippen molar-refractivity contribution in [2.45, 2.75) is 31.7 Å². The van der Waals surface area contributed by atoms with Crippen LogP contribution in [0.5, 0.6) is 0 Å². The minimum Gasteiger partial charge on any atom is -0.325 e. The Balaban J connectivity index is 2.85. The number of hydrogen-bond donors (Lipinski definition) is 1. The fourth-order valence-electron chi connectivity index (χ4n) is 1.17. The first-order valence-electron chi connectivity index (χ1n) is 4.13. The highest BCUT2D eigenvalue weighted by atomic mass is 35.5. The Hall–Kier alpha value is -0.190. The van der Waals surface area contributed by atoms with E-state index in [9.17, 15) is 8.78 Å². The zero-order valence-electron chi connectivity index (χ0n) is 7.98. The highest BCUT2D eigenvalue weighted by Crippen LogP contribution is 2.40. The quantitative estimate of drug-likeness (QED) is 0.857. The molecule has 1 aromatic rings. The van der Waals surface area contributed by atoms with Gasteiger partial charge < -0.3 is 5.73 Å². The van der Waals surface area contributed by atoms with Gasteiger partial charge in [-0.15, -0.1) is 11.3 Å². The Morgan fingerprint density at radius 1 is 1.43 bits per heavy atom. The second kappa shape index (κ2) is 3.76. The van der Waals surface area contributed by atoms with Crippen LogP contribution in [-0.4, -0.2) is 5.54 Å². The molecule has 14 heavy (non-hydrogen) atoms. The smallest absolute Gasteiger partial charge is 0.283 e. The number of rotatable bonds is 3. The van der Waals surface area contributed by atoms with E-state index in [0.29, 0.717) is 4.34 Å². The van der Waals surface area contributed by atoms with Crippen molar-refractivity contribution < 1.29 is 8.78 Å². The summed E-state index contributed by atoms with van der Waals surface area (Å²) >= 11 is 6.49. The van der Waals surface area contributed by atoms with Gasteiger partial charge in [0.15, 0.2) is 0 Å². The van der Waals surface area contributed by atoms with Crippen molar-refractivity contribution in [3.8, 4) is 0 Å². The summed E-state index contributed by atoms with van der Waals surface area (Å²) in [5, 5.41) is 0. The Morgan fingerprint density at radius 2 is 2.00 bits per heavy atom. The first-order valence-corrected chi connectivity index (χ1v) is 5.33. The van der Waals surface area contributed by atoms with E-state index in [-0.39, 0.29) is 11.3 Å². The van der Waals surface area contributed by atoms with Crippen molar-refractivity contribution in [1.82, 2.24) is 0 Å².